The fraction of sp³-hybridized carbons (Fsp3) is 0.353. The largest absolute Gasteiger partial charge is 0.314 e. The molecule has 1 unspecified atom stereocenters. The minimum absolute atomic E-state index is 0.289. The lowest BCUT2D eigenvalue weighted by Gasteiger charge is -2.35. The van der Waals surface area contributed by atoms with Crippen molar-refractivity contribution in [1.82, 2.24) is 15.2 Å². The molecular formula is C17H19F2N3. The van der Waals surface area contributed by atoms with E-state index in [1.807, 2.05) is 19.1 Å². The minimum Gasteiger partial charge on any atom is -0.314 e. The fourth-order valence-corrected chi connectivity index (χ4v) is 2.85. The van der Waals surface area contributed by atoms with Crippen LogP contribution in [0.4, 0.5) is 8.78 Å². The molecule has 3 rings (SSSR count). The number of aryl methyl sites for hydroxylation is 1. The van der Waals surface area contributed by atoms with E-state index in [0.29, 0.717) is 5.56 Å². The zero-order valence-electron chi connectivity index (χ0n) is 12.5. The van der Waals surface area contributed by atoms with Crippen molar-refractivity contribution in [3.8, 4) is 0 Å². The first-order chi connectivity index (χ1) is 10.6. The normalized spacial score (nSPS) is 17.4. The van der Waals surface area contributed by atoms with Gasteiger partial charge in [0.05, 0.1) is 11.7 Å². The second-order valence-electron chi connectivity index (χ2n) is 5.61. The van der Waals surface area contributed by atoms with E-state index in [1.54, 1.807) is 6.20 Å². The summed E-state index contributed by atoms with van der Waals surface area (Å²) in [5.41, 5.74) is 2.32. The predicted octanol–water partition coefficient (Wildman–Crippen LogP) is 2.66. The number of benzene rings is 1. The van der Waals surface area contributed by atoms with Crippen LogP contribution in [-0.2, 0) is 0 Å². The highest BCUT2D eigenvalue weighted by Crippen LogP contribution is 2.30. The topological polar surface area (TPSA) is 28.2 Å². The van der Waals surface area contributed by atoms with Gasteiger partial charge < -0.3 is 5.32 Å². The van der Waals surface area contributed by atoms with E-state index in [2.05, 4.69) is 15.2 Å². The lowest BCUT2D eigenvalue weighted by Crippen LogP contribution is -2.45. The van der Waals surface area contributed by atoms with E-state index < -0.39 is 11.6 Å². The van der Waals surface area contributed by atoms with Crippen LogP contribution in [0, 0.1) is 18.6 Å². The van der Waals surface area contributed by atoms with Crippen LogP contribution < -0.4 is 5.32 Å². The molecule has 2 aromatic rings. The molecule has 0 amide bonds. The maximum Gasteiger partial charge on any atom is 0.131 e. The first-order valence-corrected chi connectivity index (χ1v) is 7.47. The van der Waals surface area contributed by atoms with Gasteiger partial charge in [-0.2, -0.15) is 0 Å². The number of halogens is 2. The third-order valence-electron chi connectivity index (χ3n) is 3.99. The summed E-state index contributed by atoms with van der Waals surface area (Å²) in [4.78, 5) is 6.66. The summed E-state index contributed by atoms with van der Waals surface area (Å²) in [5, 5.41) is 3.29. The zero-order valence-corrected chi connectivity index (χ0v) is 12.5. The average Bonchev–Trinajstić information content (AvgIpc) is 2.52. The van der Waals surface area contributed by atoms with Crippen molar-refractivity contribution in [2.24, 2.45) is 0 Å². The van der Waals surface area contributed by atoms with Crippen LogP contribution in [0.5, 0.6) is 0 Å². The molecule has 0 spiro atoms. The predicted molar refractivity (Wildman–Crippen MR) is 81.6 cm³/mol. The number of aromatic nitrogens is 1. The molecule has 0 aliphatic carbocycles. The Morgan fingerprint density at radius 1 is 1.14 bits per heavy atom. The van der Waals surface area contributed by atoms with Gasteiger partial charge in [0.25, 0.3) is 0 Å². The molecule has 116 valence electrons. The smallest absolute Gasteiger partial charge is 0.131 e. The van der Waals surface area contributed by atoms with Crippen molar-refractivity contribution >= 4 is 0 Å². The quantitative estimate of drug-likeness (QED) is 0.945. The Balaban J connectivity index is 2.03. The highest BCUT2D eigenvalue weighted by atomic mass is 19.1. The molecule has 0 bridgehead atoms. The SMILES string of the molecule is Cc1ccc(C(c2ccc(F)cc2F)N2CCNCC2)nc1. The average molecular weight is 303 g/mol. The summed E-state index contributed by atoms with van der Waals surface area (Å²) < 4.78 is 27.5. The minimum atomic E-state index is -0.558. The molecule has 1 saturated heterocycles. The van der Waals surface area contributed by atoms with E-state index in [-0.39, 0.29) is 6.04 Å². The summed E-state index contributed by atoms with van der Waals surface area (Å²) in [6.07, 6.45) is 1.78. The van der Waals surface area contributed by atoms with Gasteiger partial charge >= 0.3 is 0 Å². The molecule has 1 N–H and O–H groups in total. The number of nitrogens with zero attached hydrogens (tertiary/aromatic N) is 2. The van der Waals surface area contributed by atoms with E-state index in [1.165, 1.54) is 12.1 Å². The molecule has 1 aliphatic rings. The van der Waals surface area contributed by atoms with Crippen molar-refractivity contribution < 1.29 is 8.78 Å². The van der Waals surface area contributed by atoms with Gasteiger partial charge in [-0.1, -0.05) is 12.1 Å². The fourth-order valence-electron chi connectivity index (χ4n) is 2.85. The number of piperazine rings is 1. The Hall–Kier alpha value is -1.85. The second kappa shape index (κ2) is 6.50. The van der Waals surface area contributed by atoms with Gasteiger partial charge in [0, 0.05) is 44.0 Å². The summed E-state index contributed by atoms with van der Waals surface area (Å²) in [6, 6.07) is 7.38. The molecule has 22 heavy (non-hydrogen) atoms. The molecule has 1 aromatic heterocycles. The monoisotopic (exact) mass is 303 g/mol. The van der Waals surface area contributed by atoms with Crippen LogP contribution >= 0.6 is 0 Å². The van der Waals surface area contributed by atoms with Gasteiger partial charge in [0.1, 0.15) is 11.6 Å². The lowest BCUT2D eigenvalue weighted by atomic mass is 9.99. The van der Waals surface area contributed by atoms with Gasteiger partial charge in [-0.05, 0) is 24.6 Å². The Morgan fingerprint density at radius 3 is 2.55 bits per heavy atom. The third-order valence-corrected chi connectivity index (χ3v) is 3.99. The molecule has 1 aliphatic heterocycles. The summed E-state index contributed by atoms with van der Waals surface area (Å²) in [7, 11) is 0. The molecule has 5 heteroatoms. The number of rotatable bonds is 3. The van der Waals surface area contributed by atoms with Crippen molar-refractivity contribution in [1.29, 1.82) is 0 Å². The maximum atomic E-state index is 14.3. The van der Waals surface area contributed by atoms with Crippen LogP contribution in [0.1, 0.15) is 22.9 Å². The van der Waals surface area contributed by atoms with Gasteiger partial charge in [0.15, 0.2) is 0 Å². The van der Waals surface area contributed by atoms with Gasteiger partial charge in [-0.15, -0.1) is 0 Å². The highest BCUT2D eigenvalue weighted by Gasteiger charge is 2.27. The number of nitrogens with one attached hydrogen (secondary N) is 1. The Labute approximate surface area is 129 Å². The van der Waals surface area contributed by atoms with Crippen molar-refractivity contribution in [3.05, 3.63) is 65.0 Å². The molecule has 0 saturated carbocycles. The van der Waals surface area contributed by atoms with Crippen molar-refractivity contribution in [2.75, 3.05) is 26.2 Å². The molecule has 1 fully saturated rings. The summed E-state index contributed by atoms with van der Waals surface area (Å²) in [5.74, 6) is -1.08. The molecule has 1 atom stereocenters. The maximum absolute atomic E-state index is 14.3. The lowest BCUT2D eigenvalue weighted by molar-refractivity contribution is 0.192. The highest BCUT2D eigenvalue weighted by molar-refractivity contribution is 5.30. The van der Waals surface area contributed by atoms with E-state index in [9.17, 15) is 8.78 Å². The van der Waals surface area contributed by atoms with Crippen LogP contribution in [0.2, 0.25) is 0 Å². The first-order valence-electron chi connectivity index (χ1n) is 7.47. The Morgan fingerprint density at radius 2 is 1.91 bits per heavy atom. The molecule has 3 nitrogen and oxygen atoms in total. The van der Waals surface area contributed by atoms with E-state index in [0.717, 1.165) is 43.5 Å². The molecule has 1 aromatic carbocycles. The van der Waals surface area contributed by atoms with E-state index >= 15 is 0 Å². The summed E-state index contributed by atoms with van der Waals surface area (Å²) in [6.45, 7) is 5.28. The van der Waals surface area contributed by atoms with Crippen molar-refractivity contribution in [2.45, 2.75) is 13.0 Å². The molecular weight excluding hydrogens is 284 g/mol. The zero-order chi connectivity index (χ0) is 15.5. The van der Waals surface area contributed by atoms with Crippen LogP contribution in [0.3, 0.4) is 0 Å². The Bertz CT molecular complexity index is 637. The van der Waals surface area contributed by atoms with Gasteiger partial charge in [0.2, 0.25) is 0 Å². The Kier molecular flexibility index (Phi) is 4.45. The van der Waals surface area contributed by atoms with Crippen LogP contribution in [0.25, 0.3) is 0 Å². The van der Waals surface area contributed by atoms with Crippen molar-refractivity contribution in [3.63, 3.8) is 0 Å². The second-order valence-corrected chi connectivity index (χ2v) is 5.61. The number of hydrogen-bond donors (Lipinski definition) is 1. The third kappa shape index (κ3) is 3.15. The molecule has 0 radical (unpaired) electrons. The number of pyridine rings is 1. The van der Waals surface area contributed by atoms with Crippen LogP contribution in [-0.4, -0.2) is 36.1 Å². The number of hydrogen-bond acceptors (Lipinski definition) is 3. The summed E-state index contributed by atoms with van der Waals surface area (Å²) >= 11 is 0. The van der Waals surface area contributed by atoms with Gasteiger partial charge in [-0.3, -0.25) is 9.88 Å². The van der Waals surface area contributed by atoms with Gasteiger partial charge in [-0.25, -0.2) is 8.78 Å². The van der Waals surface area contributed by atoms with E-state index in [4.69, 9.17) is 0 Å². The first kappa shape index (κ1) is 15.1. The standard InChI is InChI=1S/C17H19F2N3/c1-12-2-5-16(21-11-12)17(22-8-6-20-7-9-22)14-4-3-13(18)10-15(14)19/h2-5,10-11,17,20H,6-9H2,1H3. The van der Waals surface area contributed by atoms with Crippen LogP contribution in [0.15, 0.2) is 36.5 Å². The molecule has 2 heterocycles.